The van der Waals surface area contributed by atoms with E-state index < -0.39 is 46.2 Å². The third kappa shape index (κ3) is 9.27. The summed E-state index contributed by atoms with van der Waals surface area (Å²) in [7, 11) is -3.92. The molecule has 2 amide bonds. The molecule has 0 aliphatic heterocycles. The fourth-order valence-electron chi connectivity index (χ4n) is 3.75. The second kappa shape index (κ2) is 12.8. The van der Waals surface area contributed by atoms with Gasteiger partial charge in [0.15, 0.2) is 6.61 Å². The first-order valence-corrected chi connectivity index (χ1v) is 14.5. The molecule has 1 aliphatic rings. The third-order valence-corrected chi connectivity index (χ3v) is 7.20. The fraction of sp³-hybridized carbons (Fsp3) is 0.269. The topological polar surface area (TPSA) is 164 Å². The maximum Gasteiger partial charge on any atom is 0.422 e. The van der Waals surface area contributed by atoms with Crippen molar-refractivity contribution in [1.29, 1.82) is 0 Å². The van der Waals surface area contributed by atoms with Crippen molar-refractivity contribution >= 4 is 51.0 Å². The molecule has 43 heavy (non-hydrogen) atoms. The number of aromatic nitrogens is 3. The van der Waals surface area contributed by atoms with Crippen LogP contribution in [0.15, 0.2) is 60.5 Å². The molecule has 0 saturated heterocycles. The lowest BCUT2D eigenvalue weighted by molar-refractivity contribution is -0.154. The number of carbonyl (C=O) groups is 2. The van der Waals surface area contributed by atoms with Crippen LogP contribution < -0.4 is 25.4 Å². The zero-order valence-corrected chi connectivity index (χ0v) is 23.8. The van der Waals surface area contributed by atoms with Crippen LogP contribution >= 0.6 is 11.6 Å². The molecule has 4 rings (SSSR count). The summed E-state index contributed by atoms with van der Waals surface area (Å²) in [5.41, 5.74) is 0.986. The number of alkyl halides is 3. The van der Waals surface area contributed by atoms with Crippen LogP contribution in [0.5, 0.6) is 6.01 Å². The van der Waals surface area contributed by atoms with Gasteiger partial charge >= 0.3 is 12.2 Å². The summed E-state index contributed by atoms with van der Waals surface area (Å²) in [5.74, 6) is -1.47. The average molecular weight is 640 g/mol. The van der Waals surface area contributed by atoms with E-state index in [1.54, 1.807) is 16.9 Å². The van der Waals surface area contributed by atoms with E-state index in [0.717, 1.165) is 18.4 Å². The monoisotopic (exact) mass is 639 g/mol. The summed E-state index contributed by atoms with van der Waals surface area (Å²) in [6, 6.07) is 12.5. The van der Waals surface area contributed by atoms with Crippen molar-refractivity contribution in [1.82, 2.24) is 25.0 Å². The minimum Gasteiger partial charge on any atom is -0.454 e. The molecule has 2 aromatic carbocycles. The van der Waals surface area contributed by atoms with Crippen molar-refractivity contribution in [3.8, 4) is 6.01 Å². The Morgan fingerprint density at radius 3 is 2.28 bits per heavy atom. The highest BCUT2D eigenvalue weighted by Gasteiger charge is 2.45. The number of halogens is 4. The normalized spacial score (nSPS) is 13.9. The minimum absolute atomic E-state index is 0.0111. The molecule has 0 radical (unpaired) electrons. The van der Waals surface area contributed by atoms with Crippen LogP contribution in [0.3, 0.4) is 0 Å². The molecule has 0 spiro atoms. The van der Waals surface area contributed by atoms with Crippen LogP contribution in [0.1, 0.15) is 35.2 Å². The van der Waals surface area contributed by atoms with Gasteiger partial charge in [-0.3, -0.25) is 9.59 Å². The van der Waals surface area contributed by atoms with E-state index in [1.165, 1.54) is 24.3 Å². The van der Waals surface area contributed by atoms with Gasteiger partial charge in [0.1, 0.15) is 0 Å². The van der Waals surface area contributed by atoms with Crippen LogP contribution in [0.25, 0.3) is 0 Å². The Labute approximate surface area is 249 Å². The Balaban J connectivity index is 1.43. The van der Waals surface area contributed by atoms with Crippen LogP contribution in [0, 0.1) is 0 Å². The zero-order valence-electron chi connectivity index (χ0n) is 22.2. The largest absolute Gasteiger partial charge is 0.454 e. The second-order valence-electron chi connectivity index (χ2n) is 9.33. The van der Waals surface area contributed by atoms with Gasteiger partial charge in [0.2, 0.25) is 17.8 Å². The predicted octanol–water partition coefficient (Wildman–Crippen LogP) is 4.02. The Bertz CT molecular complexity index is 1600. The lowest BCUT2D eigenvalue weighted by atomic mass is 10.1. The first-order valence-electron chi connectivity index (χ1n) is 12.6. The van der Waals surface area contributed by atoms with Crippen LogP contribution in [0.4, 0.5) is 30.8 Å². The Morgan fingerprint density at radius 2 is 1.67 bits per heavy atom. The predicted molar refractivity (Wildman–Crippen MR) is 151 cm³/mol. The molecule has 0 bridgehead atoms. The summed E-state index contributed by atoms with van der Waals surface area (Å²) in [4.78, 5) is 36.3. The number of amides is 2. The van der Waals surface area contributed by atoms with Gasteiger partial charge in [-0.1, -0.05) is 30.3 Å². The maximum absolute atomic E-state index is 12.8. The number of anilines is 3. The molecule has 12 nitrogen and oxygen atoms in total. The van der Waals surface area contributed by atoms with E-state index >= 15 is 0 Å². The number of hydrogen-bond acceptors (Lipinski definition) is 10. The molecule has 228 valence electrons. The minimum atomic E-state index is -4.61. The number of sulfonamides is 1. The van der Waals surface area contributed by atoms with Crippen molar-refractivity contribution in [3.05, 3.63) is 76.7 Å². The smallest absolute Gasteiger partial charge is 0.422 e. The second-order valence-corrected chi connectivity index (χ2v) is 11.4. The molecule has 0 atom stereocenters. The first kappa shape index (κ1) is 31.5. The van der Waals surface area contributed by atoms with Gasteiger partial charge in [-0.15, -0.1) is 0 Å². The van der Waals surface area contributed by atoms with E-state index in [-0.39, 0.29) is 30.4 Å². The molecule has 1 aliphatic carbocycles. The standard InChI is InChI=1S/C26H25ClF3N7O5S/c1-2-43(40,41)37-20(38)11-14-31-21(39)16-3-9-19(10-4-16)32-22-33-23(35-24(34-22)42-15-26(28,29)30)36-25(12-13-25)17-5-7-18(27)8-6-17/h2-10H,1,11-15H2,(H,31,39)(H,37,38)(H2,32,33,34,35,36). The maximum atomic E-state index is 12.8. The SMILES string of the molecule is C=CS(=O)(=O)NC(=O)CCNC(=O)c1ccc(Nc2nc(NC3(c4ccc(Cl)cc4)CC3)nc(OCC(F)(F)F)n2)cc1. The van der Waals surface area contributed by atoms with Gasteiger partial charge in [-0.25, -0.2) is 13.1 Å². The Morgan fingerprint density at radius 1 is 1.02 bits per heavy atom. The zero-order chi connectivity index (χ0) is 31.3. The summed E-state index contributed by atoms with van der Waals surface area (Å²) in [6.45, 7) is 1.35. The van der Waals surface area contributed by atoms with Gasteiger partial charge in [0, 0.05) is 34.6 Å². The Kier molecular flexibility index (Phi) is 9.40. The van der Waals surface area contributed by atoms with E-state index in [4.69, 9.17) is 16.3 Å². The van der Waals surface area contributed by atoms with Gasteiger partial charge in [-0.05, 0) is 54.8 Å². The van der Waals surface area contributed by atoms with Crippen molar-refractivity contribution in [2.24, 2.45) is 0 Å². The number of ether oxygens (including phenoxy) is 1. The number of hydrogen-bond donors (Lipinski definition) is 4. The van der Waals surface area contributed by atoms with Crippen LogP contribution in [-0.2, 0) is 20.4 Å². The van der Waals surface area contributed by atoms with E-state index in [9.17, 15) is 31.2 Å². The molecule has 1 aromatic heterocycles. The molecular formula is C26H25ClF3N7O5S. The van der Waals surface area contributed by atoms with E-state index in [0.29, 0.717) is 16.1 Å². The molecule has 0 unspecified atom stereocenters. The van der Waals surface area contributed by atoms with Crippen molar-refractivity contribution in [2.75, 3.05) is 23.8 Å². The average Bonchev–Trinajstić information content (AvgIpc) is 3.72. The number of carbonyl (C=O) groups excluding carboxylic acids is 2. The number of nitrogens with zero attached hydrogens (tertiary/aromatic N) is 3. The summed E-state index contributed by atoms with van der Waals surface area (Å²) < 4.78 is 67.6. The van der Waals surface area contributed by atoms with Gasteiger partial charge in [0.05, 0.1) is 5.54 Å². The summed E-state index contributed by atoms with van der Waals surface area (Å²) in [6.07, 6.45) is -3.45. The van der Waals surface area contributed by atoms with E-state index in [2.05, 4.69) is 37.5 Å². The molecule has 17 heteroatoms. The molecule has 1 fully saturated rings. The third-order valence-electron chi connectivity index (χ3n) is 5.99. The molecule has 1 saturated carbocycles. The first-order chi connectivity index (χ1) is 20.3. The quantitative estimate of drug-likeness (QED) is 0.215. The van der Waals surface area contributed by atoms with Crippen molar-refractivity contribution in [2.45, 2.75) is 31.0 Å². The highest BCUT2D eigenvalue weighted by molar-refractivity contribution is 7.92. The van der Waals surface area contributed by atoms with Crippen LogP contribution in [0.2, 0.25) is 5.02 Å². The van der Waals surface area contributed by atoms with Gasteiger partial charge < -0.3 is 20.7 Å². The molecular weight excluding hydrogens is 615 g/mol. The van der Waals surface area contributed by atoms with Gasteiger partial charge in [0.25, 0.3) is 15.9 Å². The summed E-state index contributed by atoms with van der Waals surface area (Å²) in [5, 5.41) is 9.67. The van der Waals surface area contributed by atoms with Crippen LogP contribution in [-0.4, -0.2) is 54.5 Å². The highest BCUT2D eigenvalue weighted by atomic mass is 35.5. The lowest BCUT2D eigenvalue weighted by Gasteiger charge is -2.19. The number of rotatable bonds is 13. The Hall–Kier alpha value is -4.44. The van der Waals surface area contributed by atoms with Crippen molar-refractivity contribution in [3.63, 3.8) is 0 Å². The van der Waals surface area contributed by atoms with Gasteiger partial charge in [-0.2, -0.15) is 28.1 Å². The number of benzene rings is 2. The van der Waals surface area contributed by atoms with E-state index in [1.807, 2.05) is 12.1 Å². The molecule has 3 aromatic rings. The number of nitrogens with one attached hydrogen (secondary N) is 4. The highest BCUT2D eigenvalue weighted by Crippen LogP contribution is 2.48. The van der Waals surface area contributed by atoms with Crippen molar-refractivity contribution < 1.29 is 35.9 Å². The molecule has 1 heterocycles. The summed E-state index contributed by atoms with van der Waals surface area (Å²) >= 11 is 5.99. The fourth-order valence-corrected chi connectivity index (χ4v) is 4.38. The lowest BCUT2D eigenvalue weighted by Crippen LogP contribution is -2.33. The molecule has 4 N–H and O–H groups in total.